The summed E-state index contributed by atoms with van der Waals surface area (Å²) in [6.07, 6.45) is -0.353. The summed E-state index contributed by atoms with van der Waals surface area (Å²) in [6.45, 7) is 4.78. The second kappa shape index (κ2) is 24.1. The summed E-state index contributed by atoms with van der Waals surface area (Å²) in [7, 11) is -23.8. The van der Waals surface area contributed by atoms with Crippen LogP contribution in [-0.4, -0.2) is 120 Å². The van der Waals surface area contributed by atoms with Crippen molar-refractivity contribution in [3.8, 4) is 17.7 Å². The number of hydrogen-bond donors (Lipinski definition) is 8. The Morgan fingerprint density at radius 2 is 1.36 bits per heavy atom. The van der Waals surface area contributed by atoms with Crippen LogP contribution in [0.3, 0.4) is 0 Å². The van der Waals surface area contributed by atoms with E-state index in [0.717, 1.165) is 65.6 Å². The van der Waals surface area contributed by atoms with Crippen LogP contribution in [0.4, 0.5) is 44.9 Å². The average molecular weight is 1300 g/mol. The number of thioether (sulfide) groups is 1. The van der Waals surface area contributed by atoms with Crippen molar-refractivity contribution >= 4 is 168 Å². The molecule has 0 unspecified atom stereocenters. The number of anilines is 2. The molecule has 8 rings (SSSR count). The number of amides is 2. The van der Waals surface area contributed by atoms with E-state index >= 15 is 0 Å². The Hall–Kier alpha value is -8.07. The average Bonchev–Trinajstić information content (AvgIpc) is 2.07. The number of aromatic hydroxyl groups is 1. The van der Waals surface area contributed by atoms with Crippen LogP contribution in [-0.2, 0) is 60.2 Å². The maximum atomic E-state index is 12.9. The summed E-state index contributed by atoms with van der Waals surface area (Å²) in [5.41, 5.74) is -2.10. The highest BCUT2D eigenvalue weighted by Crippen LogP contribution is 2.46. The van der Waals surface area contributed by atoms with Gasteiger partial charge in [-0.3, -0.25) is 36.8 Å². The molecule has 0 fully saturated rings. The number of nitrogens with zero attached hydrogens (tertiary/aromatic N) is 10. The SMILES string of the molecule is CC(=O)Nc1cc(N=Nc2cc(OCCCS(=O)(=O)O)c(N=Nc3c(C)c(C#N)c4nc5ccc(NC(C)=O)c(S(=O)(=O)O)c5n4c3O)cc2C)c(SCCCS(=O)(=O)O)cc1N=Nc1nc2c(S(=O)(=O)O)cc3cc(S(=O)(=O)O)ccc3c2s1. The van der Waals surface area contributed by atoms with Crippen LogP contribution in [0.1, 0.15) is 43.4 Å². The number of aromatic nitrogens is 3. The fourth-order valence-electron chi connectivity index (χ4n) is 8.25. The summed E-state index contributed by atoms with van der Waals surface area (Å²) in [6, 6.07) is 14.0. The zero-order chi connectivity index (χ0) is 62.3. The summed E-state index contributed by atoms with van der Waals surface area (Å²) in [5.74, 6) is -3.69. The zero-order valence-electron chi connectivity index (χ0n) is 43.8. The fourth-order valence-corrected chi connectivity index (χ4v) is 13.4. The number of azo groups is 3. The second-order valence-electron chi connectivity index (χ2n) is 18.1. The molecule has 2 amide bonds. The first-order valence-electron chi connectivity index (χ1n) is 23.8. The molecule has 0 atom stereocenters. The van der Waals surface area contributed by atoms with E-state index in [2.05, 4.69) is 51.3 Å². The van der Waals surface area contributed by atoms with Crippen LogP contribution < -0.4 is 15.4 Å². The van der Waals surface area contributed by atoms with Gasteiger partial charge in [-0.15, -0.1) is 37.3 Å². The highest BCUT2D eigenvalue weighted by molar-refractivity contribution is 7.99. The molecule has 0 aliphatic heterocycles. The van der Waals surface area contributed by atoms with Crippen molar-refractivity contribution in [2.45, 2.75) is 60.1 Å². The van der Waals surface area contributed by atoms with Crippen LogP contribution in [0.5, 0.6) is 11.6 Å². The molecule has 0 aliphatic rings. The van der Waals surface area contributed by atoms with Crippen LogP contribution in [0.15, 0.2) is 111 Å². The van der Waals surface area contributed by atoms with Gasteiger partial charge in [0.15, 0.2) is 11.3 Å². The number of rotatable bonds is 21. The molecule has 38 heteroatoms. The number of imidazole rings is 1. The van der Waals surface area contributed by atoms with Gasteiger partial charge in [-0.25, -0.2) is 9.97 Å². The van der Waals surface area contributed by atoms with Crippen LogP contribution >= 0.6 is 23.1 Å². The van der Waals surface area contributed by atoms with Gasteiger partial charge in [-0.05, 0) is 91.9 Å². The number of pyridine rings is 1. The lowest BCUT2D eigenvalue weighted by Crippen LogP contribution is -2.11. The lowest BCUT2D eigenvalue weighted by molar-refractivity contribution is -0.115. The monoisotopic (exact) mass is 1300 g/mol. The van der Waals surface area contributed by atoms with Crippen molar-refractivity contribution in [1.29, 1.82) is 5.26 Å². The molecule has 0 saturated heterocycles. The number of nitriles is 1. The van der Waals surface area contributed by atoms with Crippen LogP contribution in [0.25, 0.3) is 37.7 Å². The third-order valence-electron chi connectivity index (χ3n) is 11.8. The van der Waals surface area contributed by atoms with E-state index in [0.29, 0.717) is 0 Å². The minimum absolute atomic E-state index is 0.00914. The van der Waals surface area contributed by atoms with Gasteiger partial charge in [-0.1, -0.05) is 17.4 Å². The number of fused-ring (bicyclic) bond motifs is 6. The number of aryl methyl sites for hydroxylation is 1. The molecule has 446 valence electrons. The minimum atomic E-state index is -5.19. The van der Waals surface area contributed by atoms with Gasteiger partial charge in [0.2, 0.25) is 22.8 Å². The van der Waals surface area contributed by atoms with Crippen molar-refractivity contribution in [3.63, 3.8) is 0 Å². The van der Waals surface area contributed by atoms with Gasteiger partial charge >= 0.3 is 0 Å². The Morgan fingerprint density at radius 3 is 2.00 bits per heavy atom. The first-order valence-corrected chi connectivity index (χ1v) is 33.2. The topological polar surface area (TPSA) is 488 Å². The van der Waals surface area contributed by atoms with E-state index in [1.165, 1.54) is 50.2 Å². The van der Waals surface area contributed by atoms with E-state index in [4.69, 9.17) is 4.74 Å². The number of ether oxygens (including phenoxy) is 1. The van der Waals surface area contributed by atoms with E-state index < -0.39 is 111 Å². The molecule has 0 radical (unpaired) electrons. The maximum absolute atomic E-state index is 12.9. The Balaban J connectivity index is 1.23. The number of carbonyl (C=O) groups excluding carboxylic acids is 2. The molecular weight excluding hydrogens is 1260 g/mol. The van der Waals surface area contributed by atoms with Gasteiger partial charge in [0.05, 0.1) is 55.8 Å². The number of carbonyl (C=O) groups is 2. The molecule has 5 aromatic carbocycles. The predicted octanol–water partition coefficient (Wildman–Crippen LogP) is 9.37. The summed E-state index contributed by atoms with van der Waals surface area (Å²) >= 11 is 1.77. The van der Waals surface area contributed by atoms with Crippen molar-refractivity contribution < 1.29 is 84.3 Å². The molecular formula is C47H42N12O19S7. The highest BCUT2D eigenvalue weighted by atomic mass is 32.2. The van der Waals surface area contributed by atoms with Gasteiger partial charge in [0.25, 0.3) is 50.6 Å². The first-order chi connectivity index (χ1) is 39.6. The number of nitrogens with one attached hydrogen (secondary N) is 2. The van der Waals surface area contributed by atoms with E-state index in [9.17, 15) is 84.8 Å². The van der Waals surface area contributed by atoms with E-state index in [1.807, 2.05) is 6.07 Å². The molecule has 3 aromatic heterocycles. The normalized spacial score (nSPS) is 12.8. The lowest BCUT2D eigenvalue weighted by atomic mass is 10.1. The van der Waals surface area contributed by atoms with Gasteiger partial charge < -0.3 is 20.5 Å². The largest absolute Gasteiger partial charge is 0.493 e. The Kier molecular flexibility index (Phi) is 17.9. The van der Waals surface area contributed by atoms with Gasteiger partial charge in [0.1, 0.15) is 49.8 Å². The Labute approximate surface area is 489 Å². The Morgan fingerprint density at radius 1 is 0.718 bits per heavy atom. The maximum Gasteiger partial charge on any atom is 0.298 e. The van der Waals surface area contributed by atoms with Gasteiger partial charge in [0, 0.05) is 35.8 Å². The predicted molar refractivity (Wildman–Crippen MR) is 307 cm³/mol. The standard InChI is InChI=1S/C47H42N12O19S7/c1-22-15-35(55-57-40-23(2)29(21-48)45-51-30-9-10-31(49-24(3)60)44(85(75,76)77)42(30)59(45)46(40)62)37(78-11-5-13-81(63,64)65)19-32(22)53-56-36-18-33(50-25(4)61)34(20-38(36)79-12-6-14-82(66,67)68)54-58-47-52-41-39(84(72,73)74)17-26-16-27(83(69,70)71)7-8-28(26)43(41)80-47/h7-10,15-20,62H,5-6,11-14H2,1-4H3,(H,49,60)(H,50,61)(H,63,64,65)(H,66,67,68)(H,69,70,71)(H,72,73,74)(H,75,76,77). The Bertz CT molecular complexity index is 4890. The van der Waals surface area contributed by atoms with E-state index in [1.54, 1.807) is 0 Å². The molecule has 8 aromatic rings. The number of hydrogen-bond acceptors (Lipinski definition) is 25. The highest BCUT2D eigenvalue weighted by Gasteiger charge is 2.29. The molecule has 0 bridgehead atoms. The second-order valence-corrected chi connectivity index (χ2v) is 27.5. The third kappa shape index (κ3) is 14.5. The van der Waals surface area contributed by atoms with Crippen molar-refractivity contribution in [2.24, 2.45) is 30.7 Å². The molecule has 0 spiro atoms. The molecule has 3 heterocycles. The quantitative estimate of drug-likeness (QED) is 0.0144. The van der Waals surface area contributed by atoms with Crippen molar-refractivity contribution in [3.05, 3.63) is 77.4 Å². The van der Waals surface area contributed by atoms with Crippen molar-refractivity contribution in [2.75, 3.05) is 34.5 Å². The molecule has 31 nitrogen and oxygen atoms in total. The summed E-state index contributed by atoms with van der Waals surface area (Å²) < 4.78 is 177. The fraction of sp³-hybridized carbons (Fsp3) is 0.213. The molecule has 0 aliphatic carbocycles. The molecule has 85 heavy (non-hydrogen) atoms. The van der Waals surface area contributed by atoms with Crippen LogP contribution in [0.2, 0.25) is 0 Å². The molecule has 8 N–H and O–H groups in total. The minimum Gasteiger partial charge on any atom is -0.493 e. The van der Waals surface area contributed by atoms with Crippen molar-refractivity contribution in [1.82, 2.24) is 14.4 Å². The zero-order valence-corrected chi connectivity index (χ0v) is 49.6. The third-order valence-corrected chi connectivity index (χ3v) is 18.2. The van der Waals surface area contributed by atoms with E-state index in [-0.39, 0.29) is 118 Å². The first kappa shape index (κ1) is 63.0. The number of benzene rings is 5. The van der Waals surface area contributed by atoms with Crippen LogP contribution in [0, 0.1) is 25.2 Å². The number of thiazole rings is 1. The van der Waals surface area contributed by atoms with Gasteiger partial charge in [-0.2, -0.15) is 52.5 Å². The summed E-state index contributed by atoms with van der Waals surface area (Å²) in [5, 5.41) is 52.8. The summed E-state index contributed by atoms with van der Waals surface area (Å²) in [4.78, 5) is 31.3. The smallest absolute Gasteiger partial charge is 0.298 e. The lowest BCUT2D eigenvalue weighted by Gasteiger charge is -2.13. The molecule has 0 saturated carbocycles.